The number of anilines is 3. The molecule has 0 saturated heterocycles. The van der Waals surface area contributed by atoms with E-state index in [-0.39, 0.29) is 5.41 Å². The molecule has 0 amide bonds. The van der Waals surface area contributed by atoms with Gasteiger partial charge in [0.1, 0.15) is 22.3 Å². The van der Waals surface area contributed by atoms with Crippen molar-refractivity contribution in [1.29, 1.82) is 0 Å². The summed E-state index contributed by atoms with van der Waals surface area (Å²) in [7, 11) is 0. The van der Waals surface area contributed by atoms with Crippen molar-refractivity contribution < 1.29 is 8.83 Å². The molecule has 228 valence electrons. The molecule has 0 aliphatic carbocycles. The standard InChI is InChI=1S/C45H31NO2/c1-45(2)34-19-12-22-40-42(34)43-37(26-24-32(44(43)48-40)31-18-11-21-39-41(31)33-17-9-10-20-38(33)47-39)46(30-15-7-4-8-16-30)36-25-23-29(27-35(36)45)28-13-5-3-6-14-28/h3-27H,1-2H3. The average molecular weight is 618 g/mol. The molecule has 0 N–H and O–H groups in total. The van der Waals surface area contributed by atoms with Crippen LogP contribution in [0.25, 0.3) is 66.1 Å². The molecular weight excluding hydrogens is 587 g/mol. The monoisotopic (exact) mass is 617 g/mol. The molecule has 2 aromatic heterocycles. The highest BCUT2D eigenvalue weighted by Gasteiger charge is 2.36. The van der Waals surface area contributed by atoms with Crippen molar-refractivity contribution in [3.63, 3.8) is 0 Å². The van der Waals surface area contributed by atoms with Gasteiger partial charge >= 0.3 is 0 Å². The fourth-order valence-corrected chi connectivity index (χ4v) is 7.99. The minimum absolute atomic E-state index is 0.349. The van der Waals surface area contributed by atoms with E-state index in [0.29, 0.717) is 0 Å². The number of hydrogen-bond acceptors (Lipinski definition) is 3. The summed E-state index contributed by atoms with van der Waals surface area (Å²) in [5.74, 6) is 0. The smallest absolute Gasteiger partial charge is 0.145 e. The molecule has 0 atom stereocenters. The molecule has 48 heavy (non-hydrogen) atoms. The number of rotatable bonds is 3. The Morgan fingerprint density at radius 3 is 1.98 bits per heavy atom. The van der Waals surface area contributed by atoms with Gasteiger partial charge in [0.25, 0.3) is 0 Å². The third-order valence-corrected chi connectivity index (χ3v) is 10.3. The Kier molecular flexibility index (Phi) is 5.63. The van der Waals surface area contributed by atoms with Gasteiger partial charge in [0.15, 0.2) is 0 Å². The topological polar surface area (TPSA) is 29.5 Å². The second kappa shape index (κ2) is 9.97. The van der Waals surface area contributed by atoms with Gasteiger partial charge in [0, 0.05) is 32.8 Å². The number of nitrogens with zero attached hydrogens (tertiary/aromatic N) is 1. The van der Waals surface area contributed by atoms with E-state index in [2.05, 4.69) is 158 Å². The van der Waals surface area contributed by atoms with E-state index in [1.807, 2.05) is 12.1 Å². The lowest BCUT2D eigenvalue weighted by Crippen LogP contribution is -2.25. The van der Waals surface area contributed by atoms with Crippen molar-refractivity contribution in [2.24, 2.45) is 0 Å². The van der Waals surface area contributed by atoms with Crippen LogP contribution in [0.2, 0.25) is 0 Å². The summed E-state index contributed by atoms with van der Waals surface area (Å²) >= 11 is 0. The predicted molar refractivity (Wildman–Crippen MR) is 199 cm³/mol. The Morgan fingerprint density at radius 2 is 1.15 bits per heavy atom. The van der Waals surface area contributed by atoms with Gasteiger partial charge in [0.2, 0.25) is 0 Å². The van der Waals surface area contributed by atoms with Gasteiger partial charge in [-0.1, -0.05) is 111 Å². The van der Waals surface area contributed by atoms with Gasteiger partial charge < -0.3 is 13.7 Å². The lowest BCUT2D eigenvalue weighted by molar-refractivity contribution is 0.643. The summed E-state index contributed by atoms with van der Waals surface area (Å²) < 4.78 is 13.3. The average Bonchev–Trinajstić information content (AvgIpc) is 3.72. The van der Waals surface area contributed by atoms with Crippen molar-refractivity contribution in [3.8, 4) is 22.3 Å². The molecule has 3 heteroatoms. The fraction of sp³-hybridized carbons (Fsp3) is 0.0667. The minimum atomic E-state index is -0.349. The van der Waals surface area contributed by atoms with E-state index in [4.69, 9.17) is 8.83 Å². The zero-order valence-corrected chi connectivity index (χ0v) is 26.7. The first-order valence-corrected chi connectivity index (χ1v) is 16.5. The molecule has 9 aromatic rings. The fourth-order valence-electron chi connectivity index (χ4n) is 7.99. The van der Waals surface area contributed by atoms with Crippen molar-refractivity contribution in [2.75, 3.05) is 4.90 Å². The molecular formula is C45H31NO2. The lowest BCUT2D eigenvalue weighted by Gasteiger charge is -2.37. The maximum absolute atomic E-state index is 7.00. The Hall–Kier alpha value is -6.06. The number of hydrogen-bond donors (Lipinski definition) is 0. The largest absolute Gasteiger partial charge is 0.456 e. The van der Waals surface area contributed by atoms with E-state index in [0.717, 1.165) is 72.1 Å². The Labute approximate surface area is 278 Å². The highest BCUT2D eigenvalue weighted by molar-refractivity contribution is 6.22. The van der Waals surface area contributed by atoms with Crippen LogP contribution in [0, 0.1) is 0 Å². The lowest BCUT2D eigenvalue weighted by atomic mass is 9.73. The molecule has 0 unspecified atom stereocenters. The zero-order valence-electron chi connectivity index (χ0n) is 26.7. The number of benzene rings is 7. The zero-order chi connectivity index (χ0) is 32.0. The number of fused-ring (bicyclic) bond motifs is 4. The molecule has 0 saturated carbocycles. The second-order valence-electron chi connectivity index (χ2n) is 13.3. The molecule has 0 bridgehead atoms. The third kappa shape index (κ3) is 3.76. The Morgan fingerprint density at radius 1 is 0.458 bits per heavy atom. The third-order valence-electron chi connectivity index (χ3n) is 10.3. The summed E-state index contributed by atoms with van der Waals surface area (Å²) in [4.78, 5) is 2.43. The van der Waals surface area contributed by atoms with E-state index in [9.17, 15) is 0 Å². The van der Waals surface area contributed by atoms with Crippen molar-refractivity contribution in [3.05, 3.63) is 163 Å². The Bertz CT molecular complexity index is 2700. The molecule has 0 radical (unpaired) electrons. The van der Waals surface area contributed by atoms with Crippen LogP contribution in [-0.2, 0) is 5.41 Å². The SMILES string of the molecule is CC1(C)c2cc(-c3ccccc3)ccc2N(c2ccccc2)c2ccc(-c3cccc4oc5ccccc5c34)c3oc4cccc1c4c23. The molecule has 0 spiro atoms. The van der Waals surface area contributed by atoms with Crippen LogP contribution in [0.3, 0.4) is 0 Å². The van der Waals surface area contributed by atoms with Gasteiger partial charge in [0.05, 0.1) is 16.8 Å². The normalized spacial score (nSPS) is 13.8. The summed E-state index contributed by atoms with van der Waals surface area (Å²) in [6, 6.07) is 54.0. The van der Waals surface area contributed by atoms with Gasteiger partial charge in [-0.05, 0) is 82.4 Å². The van der Waals surface area contributed by atoms with Crippen LogP contribution in [-0.4, -0.2) is 0 Å². The van der Waals surface area contributed by atoms with E-state index >= 15 is 0 Å². The summed E-state index contributed by atoms with van der Waals surface area (Å²) in [5.41, 5.74) is 13.6. The van der Waals surface area contributed by atoms with Gasteiger partial charge in [-0.2, -0.15) is 0 Å². The first kappa shape index (κ1) is 27.1. The van der Waals surface area contributed by atoms with Crippen LogP contribution >= 0.6 is 0 Å². The summed E-state index contributed by atoms with van der Waals surface area (Å²) in [6.45, 7) is 4.70. The first-order chi connectivity index (χ1) is 23.6. The second-order valence-corrected chi connectivity index (χ2v) is 13.3. The molecule has 3 nitrogen and oxygen atoms in total. The molecule has 7 aromatic carbocycles. The molecule has 0 fully saturated rings. The highest BCUT2D eigenvalue weighted by atomic mass is 16.3. The van der Waals surface area contributed by atoms with Gasteiger partial charge in [-0.15, -0.1) is 0 Å². The maximum atomic E-state index is 7.00. The van der Waals surface area contributed by atoms with Crippen LogP contribution < -0.4 is 4.90 Å². The summed E-state index contributed by atoms with van der Waals surface area (Å²) in [6.07, 6.45) is 0. The molecule has 1 aliphatic heterocycles. The number of furan rings is 2. The van der Waals surface area contributed by atoms with Crippen molar-refractivity contribution >= 4 is 60.9 Å². The minimum Gasteiger partial charge on any atom is -0.456 e. The van der Waals surface area contributed by atoms with Crippen LogP contribution in [0.1, 0.15) is 25.0 Å². The van der Waals surface area contributed by atoms with Gasteiger partial charge in [-0.3, -0.25) is 0 Å². The van der Waals surface area contributed by atoms with Crippen molar-refractivity contribution in [1.82, 2.24) is 0 Å². The molecule has 10 rings (SSSR count). The van der Waals surface area contributed by atoms with Crippen LogP contribution in [0.5, 0.6) is 0 Å². The predicted octanol–water partition coefficient (Wildman–Crippen LogP) is 12.9. The van der Waals surface area contributed by atoms with Crippen LogP contribution in [0.4, 0.5) is 17.1 Å². The van der Waals surface area contributed by atoms with E-state index < -0.39 is 0 Å². The van der Waals surface area contributed by atoms with E-state index in [1.54, 1.807) is 0 Å². The van der Waals surface area contributed by atoms with Crippen LogP contribution in [0.15, 0.2) is 160 Å². The maximum Gasteiger partial charge on any atom is 0.145 e. The highest BCUT2D eigenvalue weighted by Crippen LogP contribution is 2.54. The first-order valence-electron chi connectivity index (χ1n) is 16.5. The molecule has 3 heterocycles. The summed E-state index contributed by atoms with van der Waals surface area (Å²) in [5, 5.41) is 4.50. The van der Waals surface area contributed by atoms with Gasteiger partial charge in [-0.25, -0.2) is 0 Å². The van der Waals surface area contributed by atoms with E-state index in [1.165, 1.54) is 22.3 Å². The number of para-hydroxylation sites is 2. The Balaban J connectivity index is 1.34. The molecule has 1 aliphatic rings. The van der Waals surface area contributed by atoms with Crippen molar-refractivity contribution in [2.45, 2.75) is 19.3 Å². The quantitative estimate of drug-likeness (QED) is 0.198.